The van der Waals surface area contributed by atoms with E-state index < -0.39 is 17.8 Å². The number of aromatic nitrogens is 3. The molecule has 3 aromatic rings. The Kier molecular flexibility index (Phi) is 5.55. The molecule has 0 saturated carbocycles. The van der Waals surface area contributed by atoms with Crippen LogP contribution >= 0.6 is 0 Å². The number of H-pyrrole nitrogens is 1. The predicted molar refractivity (Wildman–Crippen MR) is 106 cm³/mol. The summed E-state index contributed by atoms with van der Waals surface area (Å²) in [6.45, 7) is 0.441. The SMILES string of the molecule is Nc1[nH]nc2nc([C@H]3CCCCN3C(=O)CCc3ccc(F)cc3)cc(C(F)(F)F)c12. The van der Waals surface area contributed by atoms with Crippen LogP contribution in [-0.4, -0.2) is 32.5 Å². The van der Waals surface area contributed by atoms with E-state index in [4.69, 9.17) is 5.73 Å². The molecule has 1 aliphatic heterocycles. The molecule has 1 amide bonds. The summed E-state index contributed by atoms with van der Waals surface area (Å²) in [5, 5.41) is 5.90. The lowest BCUT2D eigenvalue weighted by Gasteiger charge is -2.35. The summed E-state index contributed by atoms with van der Waals surface area (Å²) < 4.78 is 54.1. The fourth-order valence-corrected chi connectivity index (χ4v) is 4.04. The third kappa shape index (κ3) is 4.33. The normalized spacial score (nSPS) is 17.3. The second-order valence-corrected chi connectivity index (χ2v) is 7.65. The van der Waals surface area contributed by atoms with Gasteiger partial charge in [0.05, 0.1) is 22.7 Å². The number of benzene rings is 1. The number of alkyl halides is 3. The zero-order valence-corrected chi connectivity index (χ0v) is 16.5. The number of nitrogen functional groups attached to an aromatic ring is 1. The first-order chi connectivity index (χ1) is 14.7. The average Bonchev–Trinajstić information content (AvgIpc) is 3.12. The van der Waals surface area contributed by atoms with Crippen molar-refractivity contribution in [2.24, 2.45) is 0 Å². The van der Waals surface area contributed by atoms with E-state index in [1.807, 2.05) is 0 Å². The Hall–Kier alpha value is -3.17. The molecule has 0 bridgehead atoms. The zero-order valence-electron chi connectivity index (χ0n) is 16.5. The first-order valence-corrected chi connectivity index (χ1v) is 9.99. The van der Waals surface area contributed by atoms with Gasteiger partial charge in [-0.1, -0.05) is 12.1 Å². The second-order valence-electron chi connectivity index (χ2n) is 7.65. The molecular weight excluding hydrogens is 414 g/mol. The Morgan fingerprint density at radius 1 is 1.23 bits per heavy atom. The Balaban J connectivity index is 1.61. The molecule has 0 radical (unpaired) electrons. The molecule has 3 heterocycles. The maximum Gasteiger partial charge on any atom is 0.417 e. The van der Waals surface area contributed by atoms with Crippen molar-refractivity contribution in [1.29, 1.82) is 0 Å². The zero-order chi connectivity index (χ0) is 22.2. The van der Waals surface area contributed by atoms with Crippen LogP contribution in [0.15, 0.2) is 30.3 Å². The lowest BCUT2D eigenvalue weighted by molar-refractivity contribution is -0.136. The van der Waals surface area contributed by atoms with E-state index in [-0.39, 0.29) is 40.7 Å². The summed E-state index contributed by atoms with van der Waals surface area (Å²) in [6, 6.07) is 6.29. The number of pyridine rings is 1. The smallest absolute Gasteiger partial charge is 0.383 e. The van der Waals surface area contributed by atoms with E-state index in [9.17, 15) is 22.4 Å². The molecule has 31 heavy (non-hydrogen) atoms. The Labute approximate surface area is 175 Å². The number of nitrogens with one attached hydrogen (secondary N) is 1. The molecule has 1 fully saturated rings. The lowest BCUT2D eigenvalue weighted by atomic mass is 9.96. The first kappa shape index (κ1) is 21.1. The minimum absolute atomic E-state index is 0.119. The molecule has 3 N–H and O–H groups in total. The number of amides is 1. The highest BCUT2D eigenvalue weighted by Crippen LogP contribution is 2.39. The molecule has 4 rings (SSSR count). The fourth-order valence-electron chi connectivity index (χ4n) is 4.04. The number of aromatic amines is 1. The van der Waals surface area contributed by atoms with Crippen molar-refractivity contribution >= 4 is 22.8 Å². The predicted octanol–water partition coefficient (Wildman–Crippen LogP) is 4.38. The molecule has 0 unspecified atom stereocenters. The molecule has 0 spiro atoms. The molecular formula is C21H21F4N5O. The van der Waals surface area contributed by atoms with Gasteiger partial charge in [-0.15, -0.1) is 0 Å². The summed E-state index contributed by atoms with van der Waals surface area (Å²) in [5.74, 6) is -0.726. The van der Waals surface area contributed by atoms with Gasteiger partial charge in [-0.05, 0) is 49.4 Å². The highest BCUT2D eigenvalue weighted by atomic mass is 19.4. The van der Waals surface area contributed by atoms with E-state index >= 15 is 0 Å². The van der Waals surface area contributed by atoms with Gasteiger partial charge in [0.2, 0.25) is 5.91 Å². The number of hydrogen-bond donors (Lipinski definition) is 2. The number of carbonyl (C=O) groups is 1. The van der Waals surface area contributed by atoms with Crippen molar-refractivity contribution in [2.75, 3.05) is 12.3 Å². The summed E-state index contributed by atoms with van der Waals surface area (Å²) in [7, 11) is 0. The van der Waals surface area contributed by atoms with Crippen LogP contribution in [0, 0.1) is 5.82 Å². The number of fused-ring (bicyclic) bond motifs is 1. The molecule has 164 valence electrons. The molecule has 1 saturated heterocycles. The summed E-state index contributed by atoms with van der Waals surface area (Å²) in [6.07, 6.45) is -2.00. The van der Waals surface area contributed by atoms with E-state index in [0.29, 0.717) is 19.4 Å². The quantitative estimate of drug-likeness (QED) is 0.595. The highest BCUT2D eigenvalue weighted by Gasteiger charge is 2.37. The van der Waals surface area contributed by atoms with Gasteiger partial charge >= 0.3 is 6.18 Å². The number of anilines is 1. The molecule has 0 aliphatic carbocycles. The van der Waals surface area contributed by atoms with Crippen molar-refractivity contribution in [2.45, 2.75) is 44.3 Å². The average molecular weight is 435 g/mol. The molecule has 10 heteroatoms. The second kappa shape index (κ2) is 8.16. The Morgan fingerprint density at radius 3 is 2.68 bits per heavy atom. The Morgan fingerprint density at radius 2 is 1.97 bits per heavy atom. The van der Waals surface area contributed by atoms with Gasteiger partial charge in [-0.2, -0.15) is 18.3 Å². The number of rotatable bonds is 4. The number of piperidine rings is 1. The van der Waals surface area contributed by atoms with Gasteiger partial charge in [-0.3, -0.25) is 9.89 Å². The van der Waals surface area contributed by atoms with E-state index in [1.54, 1.807) is 17.0 Å². The van der Waals surface area contributed by atoms with Crippen LogP contribution < -0.4 is 5.73 Å². The number of nitrogens with two attached hydrogens (primary N) is 1. The topological polar surface area (TPSA) is 87.9 Å². The van der Waals surface area contributed by atoms with Crippen LogP contribution in [0.4, 0.5) is 23.4 Å². The first-order valence-electron chi connectivity index (χ1n) is 9.99. The number of carbonyl (C=O) groups excluding carboxylic acids is 1. The van der Waals surface area contributed by atoms with Crippen molar-refractivity contribution in [1.82, 2.24) is 20.1 Å². The van der Waals surface area contributed by atoms with E-state index in [2.05, 4.69) is 15.2 Å². The van der Waals surface area contributed by atoms with Crippen LogP contribution in [0.3, 0.4) is 0 Å². The number of likely N-dealkylation sites (tertiary alicyclic amines) is 1. The van der Waals surface area contributed by atoms with E-state index in [1.165, 1.54) is 12.1 Å². The van der Waals surface area contributed by atoms with Crippen molar-refractivity contribution in [3.63, 3.8) is 0 Å². The van der Waals surface area contributed by atoms with Gasteiger partial charge in [0.15, 0.2) is 5.65 Å². The summed E-state index contributed by atoms with van der Waals surface area (Å²) in [5.41, 5.74) is 5.57. The maximum absolute atomic E-state index is 13.7. The number of halogens is 4. The van der Waals surface area contributed by atoms with Gasteiger partial charge in [0.1, 0.15) is 11.6 Å². The van der Waals surface area contributed by atoms with E-state index in [0.717, 1.165) is 24.5 Å². The maximum atomic E-state index is 13.7. The lowest BCUT2D eigenvalue weighted by Crippen LogP contribution is -2.39. The van der Waals surface area contributed by atoms with Gasteiger partial charge in [0.25, 0.3) is 0 Å². The van der Waals surface area contributed by atoms with Crippen LogP contribution in [-0.2, 0) is 17.4 Å². The number of aryl methyl sites for hydroxylation is 1. The number of hydrogen-bond acceptors (Lipinski definition) is 4. The largest absolute Gasteiger partial charge is 0.417 e. The molecule has 1 aliphatic rings. The summed E-state index contributed by atoms with van der Waals surface area (Å²) >= 11 is 0. The highest BCUT2D eigenvalue weighted by molar-refractivity contribution is 5.90. The van der Waals surface area contributed by atoms with Crippen molar-refractivity contribution in [3.05, 3.63) is 53.0 Å². The minimum atomic E-state index is -4.64. The van der Waals surface area contributed by atoms with Gasteiger partial charge < -0.3 is 10.6 Å². The monoisotopic (exact) mass is 435 g/mol. The van der Waals surface area contributed by atoms with Crippen molar-refractivity contribution < 1.29 is 22.4 Å². The van der Waals surface area contributed by atoms with Crippen LogP contribution in [0.25, 0.3) is 11.0 Å². The van der Waals surface area contributed by atoms with Gasteiger partial charge in [0, 0.05) is 13.0 Å². The Bertz CT molecular complexity index is 1090. The third-order valence-electron chi connectivity index (χ3n) is 5.58. The minimum Gasteiger partial charge on any atom is -0.383 e. The van der Waals surface area contributed by atoms with Crippen LogP contribution in [0.1, 0.15) is 48.5 Å². The molecule has 6 nitrogen and oxygen atoms in total. The molecule has 1 aromatic carbocycles. The van der Waals surface area contributed by atoms with Gasteiger partial charge in [-0.25, -0.2) is 9.37 Å². The molecule has 2 aromatic heterocycles. The van der Waals surface area contributed by atoms with Crippen LogP contribution in [0.2, 0.25) is 0 Å². The third-order valence-corrected chi connectivity index (χ3v) is 5.58. The standard InChI is InChI=1S/C21H21F4N5O/c22-13-7-4-12(5-8-13)6-9-17(31)30-10-2-1-3-16(30)15-11-14(21(23,24)25)18-19(26)28-29-20(18)27-15/h4-5,7-8,11,16H,1-3,6,9-10H2,(H3,26,27,28,29)/t16-/m1/s1. The summed E-state index contributed by atoms with van der Waals surface area (Å²) in [4.78, 5) is 18.8. The van der Waals surface area contributed by atoms with Crippen LogP contribution in [0.5, 0.6) is 0 Å². The number of nitrogens with zero attached hydrogens (tertiary/aromatic N) is 3. The fraction of sp³-hybridized carbons (Fsp3) is 0.381. The molecule has 1 atom stereocenters. The van der Waals surface area contributed by atoms with Crippen molar-refractivity contribution in [3.8, 4) is 0 Å².